The van der Waals surface area contributed by atoms with Gasteiger partial charge in [0.05, 0.1) is 0 Å². The van der Waals surface area contributed by atoms with Gasteiger partial charge >= 0.3 is 0 Å². The van der Waals surface area contributed by atoms with E-state index >= 15 is 0 Å². The number of rotatable bonds is 0. The lowest BCUT2D eigenvalue weighted by molar-refractivity contribution is -0.0647. The Morgan fingerprint density at radius 2 is 2.04 bits per heavy atom. The molecule has 0 radical (unpaired) electrons. The summed E-state index contributed by atoms with van der Waals surface area (Å²) in [6, 6.07) is 3.75. The van der Waals surface area contributed by atoms with E-state index in [4.69, 9.17) is 6.42 Å². The predicted molar refractivity (Wildman–Crippen MR) is 94.2 cm³/mol. The molecule has 0 saturated heterocycles. The van der Waals surface area contributed by atoms with Gasteiger partial charge in [0, 0.05) is 9.89 Å². The van der Waals surface area contributed by atoms with Crippen LogP contribution in [0.1, 0.15) is 56.1 Å². The van der Waals surface area contributed by atoms with E-state index in [1.54, 1.807) is 0 Å². The van der Waals surface area contributed by atoms with E-state index in [1.165, 1.54) is 11.1 Å². The summed E-state index contributed by atoms with van der Waals surface area (Å²) in [7, 11) is 0. The molecule has 3 aliphatic carbocycles. The highest BCUT2D eigenvalue weighted by atomic mass is 79.9. The predicted octanol–water partition coefficient (Wildman–Crippen LogP) is 4.38. The molecule has 0 spiro atoms. The van der Waals surface area contributed by atoms with E-state index in [0.717, 1.165) is 43.0 Å². The highest BCUT2D eigenvalue weighted by molar-refractivity contribution is 9.10. The van der Waals surface area contributed by atoms with E-state index < -0.39 is 5.60 Å². The van der Waals surface area contributed by atoms with Crippen LogP contribution in [0.15, 0.2) is 16.6 Å². The molecule has 5 atom stereocenters. The Bertz CT molecular complexity index is 706. The lowest BCUT2D eigenvalue weighted by atomic mass is 9.53. The summed E-state index contributed by atoms with van der Waals surface area (Å²) in [4.78, 5) is 0. The van der Waals surface area contributed by atoms with Crippen molar-refractivity contribution >= 4 is 15.9 Å². The number of aromatic hydroxyl groups is 1. The minimum Gasteiger partial charge on any atom is -0.508 e. The number of hydrogen-bond donors (Lipinski definition) is 2. The Labute approximate surface area is 146 Å². The third kappa shape index (κ3) is 1.98. The van der Waals surface area contributed by atoms with Crippen LogP contribution in [0.5, 0.6) is 5.75 Å². The summed E-state index contributed by atoms with van der Waals surface area (Å²) >= 11 is 3.68. The summed E-state index contributed by atoms with van der Waals surface area (Å²) in [5.74, 6) is 4.68. The van der Waals surface area contributed by atoms with Gasteiger partial charge in [-0.3, -0.25) is 0 Å². The zero-order chi connectivity index (χ0) is 16.4. The molecule has 0 aromatic heterocycles. The van der Waals surface area contributed by atoms with Gasteiger partial charge in [-0.25, -0.2) is 0 Å². The first-order valence-electron chi connectivity index (χ1n) is 8.61. The number of benzene rings is 1. The van der Waals surface area contributed by atoms with Crippen LogP contribution in [0.25, 0.3) is 0 Å². The van der Waals surface area contributed by atoms with Gasteiger partial charge in [0.1, 0.15) is 11.4 Å². The second-order valence-corrected chi connectivity index (χ2v) is 8.77. The van der Waals surface area contributed by atoms with Crippen LogP contribution in [-0.4, -0.2) is 15.8 Å². The fraction of sp³-hybridized carbons (Fsp3) is 0.600. The van der Waals surface area contributed by atoms with Crippen molar-refractivity contribution in [1.29, 1.82) is 0 Å². The molecule has 0 unspecified atom stereocenters. The zero-order valence-corrected chi connectivity index (χ0v) is 15.1. The number of phenols is 1. The van der Waals surface area contributed by atoms with Crippen molar-refractivity contribution < 1.29 is 10.2 Å². The number of aliphatic hydroxyl groups is 1. The van der Waals surface area contributed by atoms with Gasteiger partial charge in [-0.05, 0) is 79.5 Å². The van der Waals surface area contributed by atoms with E-state index in [0.29, 0.717) is 23.5 Å². The minimum absolute atomic E-state index is 0.149. The van der Waals surface area contributed by atoms with Gasteiger partial charge in [0.2, 0.25) is 0 Å². The maximum absolute atomic E-state index is 11.0. The third-order valence-electron chi connectivity index (χ3n) is 7.15. The van der Waals surface area contributed by atoms with Gasteiger partial charge in [-0.15, -0.1) is 6.42 Å². The maximum atomic E-state index is 11.0. The second-order valence-electron chi connectivity index (χ2n) is 7.92. The third-order valence-corrected chi connectivity index (χ3v) is 7.80. The normalized spacial score (nSPS) is 41.6. The number of hydrogen-bond acceptors (Lipinski definition) is 2. The number of terminal acetylenes is 1. The smallest absolute Gasteiger partial charge is 0.130 e. The van der Waals surface area contributed by atoms with Gasteiger partial charge < -0.3 is 10.2 Å². The van der Waals surface area contributed by atoms with Gasteiger partial charge in [-0.2, -0.15) is 0 Å². The molecule has 3 aliphatic rings. The molecule has 2 N–H and O–H groups in total. The van der Waals surface area contributed by atoms with Crippen molar-refractivity contribution in [2.45, 2.75) is 57.0 Å². The minimum atomic E-state index is -0.935. The molecule has 122 valence electrons. The fourth-order valence-electron chi connectivity index (χ4n) is 5.90. The van der Waals surface area contributed by atoms with Crippen LogP contribution >= 0.6 is 15.9 Å². The van der Waals surface area contributed by atoms with Crippen molar-refractivity contribution in [3.63, 3.8) is 0 Å². The molecule has 2 fully saturated rings. The standard InChI is InChI=1S/C20H23BrO2/c1-3-20(23)9-7-16-14-5-4-12-10-13(22)11-17(21)18(12)15(14)6-8-19(16,20)2/h1,10-11,14-16,22-23H,4-9H2,2H3/t14-,15+,16+,19+,20+/m1/s1. The summed E-state index contributed by atoms with van der Waals surface area (Å²) in [6.07, 6.45) is 11.7. The highest BCUT2D eigenvalue weighted by Crippen LogP contribution is 2.64. The van der Waals surface area contributed by atoms with E-state index in [-0.39, 0.29) is 5.41 Å². The van der Waals surface area contributed by atoms with Crippen LogP contribution in [-0.2, 0) is 6.42 Å². The Hall–Kier alpha value is -0.980. The number of aryl methyl sites for hydroxylation is 1. The maximum Gasteiger partial charge on any atom is 0.130 e. The first kappa shape index (κ1) is 15.5. The summed E-state index contributed by atoms with van der Waals surface area (Å²) in [6.45, 7) is 2.21. The molecule has 0 bridgehead atoms. The van der Waals surface area contributed by atoms with Crippen molar-refractivity contribution in [2.24, 2.45) is 17.3 Å². The van der Waals surface area contributed by atoms with Crippen LogP contribution in [0.3, 0.4) is 0 Å². The summed E-state index contributed by atoms with van der Waals surface area (Å²) in [5, 5.41) is 20.8. The van der Waals surface area contributed by atoms with Crippen molar-refractivity contribution in [1.82, 2.24) is 0 Å². The van der Waals surface area contributed by atoms with Crippen LogP contribution in [0.4, 0.5) is 0 Å². The molecular formula is C20H23BrO2. The molecule has 4 rings (SSSR count). The largest absolute Gasteiger partial charge is 0.508 e. The van der Waals surface area contributed by atoms with Crippen LogP contribution in [0.2, 0.25) is 0 Å². The molecule has 1 aromatic carbocycles. The molecule has 1 aromatic rings. The van der Waals surface area contributed by atoms with E-state index in [1.807, 2.05) is 12.1 Å². The zero-order valence-electron chi connectivity index (χ0n) is 13.5. The van der Waals surface area contributed by atoms with Crippen LogP contribution in [0, 0.1) is 29.6 Å². The summed E-state index contributed by atoms with van der Waals surface area (Å²) in [5.41, 5.74) is 1.59. The Morgan fingerprint density at radius 3 is 2.78 bits per heavy atom. The first-order valence-corrected chi connectivity index (χ1v) is 9.40. The van der Waals surface area contributed by atoms with Gasteiger partial charge in [0.25, 0.3) is 0 Å². The number of halogens is 1. The quantitative estimate of drug-likeness (QED) is 0.661. The molecule has 3 heteroatoms. The molecule has 2 nitrogen and oxygen atoms in total. The van der Waals surface area contributed by atoms with Crippen molar-refractivity contribution in [3.05, 3.63) is 27.7 Å². The lowest BCUT2D eigenvalue weighted by Gasteiger charge is -2.52. The van der Waals surface area contributed by atoms with Gasteiger partial charge in [0.15, 0.2) is 0 Å². The van der Waals surface area contributed by atoms with Crippen molar-refractivity contribution in [3.8, 4) is 18.1 Å². The molecule has 23 heavy (non-hydrogen) atoms. The monoisotopic (exact) mass is 374 g/mol. The first-order chi connectivity index (χ1) is 10.9. The number of fused-ring (bicyclic) bond motifs is 5. The van der Waals surface area contributed by atoms with Crippen molar-refractivity contribution in [2.75, 3.05) is 0 Å². The molecule has 0 aliphatic heterocycles. The summed E-state index contributed by atoms with van der Waals surface area (Å²) < 4.78 is 1.04. The molecule has 0 amide bonds. The Balaban J connectivity index is 1.75. The fourth-order valence-corrected chi connectivity index (χ4v) is 6.69. The lowest BCUT2D eigenvalue weighted by Crippen LogP contribution is -2.50. The van der Waals surface area contributed by atoms with Gasteiger partial charge in [-0.1, -0.05) is 28.8 Å². The van der Waals surface area contributed by atoms with Crippen LogP contribution < -0.4 is 0 Å². The number of phenolic OH excluding ortho intramolecular Hbond substituents is 1. The topological polar surface area (TPSA) is 40.5 Å². The SMILES string of the molecule is C#C[C@]1(O)CC[C@H]2[C@@H]3CCc4cc(O)cc(Br)c4[C@H]3CC[C@@]21C. The van der Waals surface area contributed by atoms with E-state index in [2.05, 4.69) is 28.8 Å². The average molecular weight is 375 g/mol. The second kappa shape index (κ2) is 5.01. The Morgan fingerprint density at radius 1 is 1.26 bits per heavy atom. The average Bonchev–Trinajstić information content (AvgIpc) is 2.79. The van der Waals surface area contributed by atoms with E-state index in [9.17, 15) is 10.2 Å². The molecule has 0 heterocycles. The molecule has 2 saturated carbocycles. The Kier molecular flexibility index (Phi) is 3.38. The highest BCUT2D eigenvalue weighted by Gasteiger charge is 2.61. The molecular weight excluding hydrogens is 352 g/mol.